The normalized spacial score (nSPS) is 18.7. The lowest BCUT2D eigenvalue weighted by Crippen LogP contribution is -2.12. The van der Waals surface area contributed by atoms with E-state index in [9.17, 15) is 17.6 Å². The van der Waals surface area contributed by atoms with Crippen LogP contribution in [0.25, 0.3) is 22.3 Å². The number of nitrogens with zero attached hydrogens (tertiary/aromatic N) is 8. The summed E-state index contributed by atoms with van der Waals surface area (Å²) >= 11 is 6.19. The van der Waals surface area contributed by atoms with Gasteiger partial charge in [-0.25, -0.2) is 25.0 Å². The summed E-state index contributed by atoms with van der Waals surface area (Å²) in [5.74, 6) is 2.35. The van der Waals surface area contributed by atoms with Crippen molar-refractivity contribution >= 4 is 79.6 Å². The molecule has 12 heterocycles. The molecule has 0 saturated carbocycles. The van der Waals surface area contributed by atoms with Gasteiger partial charge in [0.1, 0.15) is 54.6 Å². The van der Waals surface area contributed by atoms with Gasteiger partial charge < -0.3 is 18.9 Å². The molecule has 4 aliphatic carbocycles. The lowest BCUT2D eigenvalue weighted by atomic mass is 9.86. The van der Waals surface area contributed by atoms with Crippen molar-refractivity contribution < 1.29 is 36.5 Å². The van der Waals surface area contributed by atoms with Crippen molar-refractivity contribution in [2.75, 3.05) is 26.4 Å². The Morgan fingerprint density at radius 3 is 0.851 bits per heavy atom. The first-order chi connectivity index (χ1) is 67.8. The number of ether oxygens (including phenoxy) is 4. The molecule has 17 heteroatoms. The van der Waals surface area contributed by atoms with Crippen LogP contribution in [0.1, 0.15) is 244 Å². The average molecular weight is 1900 g/mol. The fraction of sp³-hybridized carbons (Fsp3) is 0.290. The minimum atomic E-state index is -0.368. The smallest absolute Gasteiger partial charge is 0.216 e. The predicted octanol–water partition coefficient (Wildman–Crippen LogP) is 30.6. The molecule has 141 heavy (non-hydrogen) atoms. The van der Waals surface area contributed by atoms with Crippen LogP contribution >= 0.6 is 11.6 Å². The van der Waals surface area contributed by atoms with Crippen LogP contribution in [0.5, 0.6) is 23.0 Å². The summed E-state index contributed by atoms with van der Waals surface area (Å²) in [6.45, 7) is 50.1. The Labute approximate surface area is 833 Å². The second kappa shape index (κ2) is 43.9. The fourth-order valence-corrected chi connectivity index (χ4v) is 20.1. The van der Waals surface area contributed by atoms with E-state index in [-0.39, 0.29) is 23.8 Å². The number of hydrogen-bond donors (Lipinski definition) is 0. The Bertz CT molecular complexity index is 6560. The maximum atomic E-state index is 13.7. The van der Waals surface area contributed by atoms with Crippen LogP contribution in [0.3, 0.4) is 0 Å². The Morgan fingerprint density at radius 1 is 0.241 bits per heavy atom. The highest BCUT2D eigenvalue weighted by Gasteiger charge is 2.29. The molecule has 8 aromatic carbocycles. The maximum absolute atomic E-state index is 13.7. The molecule has 0 N–H and O–H groups in total. The number of allylic oxidation sites excluding steroid dienone is 12. The third kappa shape index (κ3) is 24.6. The third-order valence-electron chi connectivity index (χ3n) is 27.7. The van der Waals surface area contributed by atoms with E-state index in [0.29, 0.717) is 68.4 Å². The first kappa shape index (κ1) is 98.8. The highest BCUT2D eigenvalue weighted by Crippen LogP contribution is 2.42. The molecule has 0 bridgehead atoms. The van der Waals surface area contributed by atoms with Gasteiger partial charge in [-0.05, 0) is 325 Å². The Hall–Kier alpha value is -13.8. The fourth-order valence-electron chi connectivity index (χ4n) is 19.8. The second-order valence-electron chi connectivity index (χ2n) is 39.9. The molecule has 16 aliphatic rings. The first-order valence-electron chi connectivity index (χ1n) is 49.0. The van der Waals surface area contributed by atoms with Gasteiger partial charge in [0, 0.05) is 141 Å². The lowest BCUT2D eigenvalue weighted by molar-refractivity contribution is 0.332. The van der Waals surface area contributed by atoms with Gasteiger partial charge >= 0.3 is 0 Å². The number of hydrogen-bond acceptors (Lipinski definition) is 12. The molecule has 718 valence electrons. The van der Waals surface area contributed by atoms with Crippen molar-refractivity contribution in [3.05, 3.63) is 424 Å². The van der Waals surface area contributed by atoms with Crippen molar-refractivity contribution in [2.24, 2.45) is 39.9 Å². The zero-order chi connectivity index (χ0) is 99.0. The summed E-state index contributed by atoms with van der Waals surface area (Å²) in [4.78, 5) is 33.3. The zero-order valence-corrected chi connectivity index (χ0v) is 83.4. The van der Waals surface area contributed by atoms with Gasteiger partial charge in [0.2, 0.25) is 23.8 Å². The largest absolute Gasteiger partial charge is 0.489 e. The van der Waals surface area contributed by atoms with Gasteiger partial charge in [0.15, 0.2) is 0 Å². The molecular weight excluding hydrogens is 1780 g/mol. The number of aliphatic imine (C=N–C) groups is 8. The average Bonchev–Trinajstić information content (AvgIpc) is 1.75. The molecule has 0 amide bonds. The molecule has 12 aliphatic heterocycles. The van der Waals surface area contributed by atoms with Gasteiger partial charge in [0.25, 0.3) is 0 Å². The highest BCUT2D eigenvalue weighted by atomic mass is 35.5. The molecule has 24 rings (SSSR count). The minimum Gasteiger partial charge on any atom is -0.489 e. The summed E-state index contributed by atoms with van der Waals surface area (Å²) in [6, 6.07) is 50.7. The summed E-state index contributed by atoms with van der Waals surface area (Å²) < 4.78 is 76.6. The predicted molar refractivity (Wildman–Crippen MR) is 577 cm³/mol. The number of halogens is 5. The van der Waals surface area contributed by atoms with E-state index in [1.807, 2.05) is 81.8 Å². The van der Waals surface area contributed by atoms with Crippen molar-refractivity contribution in [1.82, 2.24) is 0 Å². The van der Waals surface area contributed by atoms with Crippen molar-refractivity contribution in [2.45, 2.75) is 209 Å². The molecule has 0 aromatic heterocycles. The molecule has 0 fully saturated rings. The number of rotatable bonds is 8. The van der Waals surface area contributed by atoms with E-state index in [0.717, 1.165) is 253 Å². The topological polar surface area (TPSA) is 136 Å². The second-order valence-corrected chi connectivity index (χ2v) is 40.3. The molecule has 0 saturated heterocycles. The van der Waals surface area contributed by atoms with Gasteiger partial charge in [-0.1, -0.05) is 196 Å². The molecule has 0 atom stereocenters. The highest BCUT2D eigenvalue weighted by molar-refractivity contribution is 6.35. The van der Waals surface area contributed by atoms with E-state index >= 15 is 0 Å². The first-order valence-corrected chi connectivity index (χ1v) is 49.4. The molecule has 0 radical (unpaired) electrons. The van der Waals surface area contributed by atoms with Crippen molar-refractivity contribution in [3.8, 4) is 23.0 Å². The standard InChI is InChI=1S/C16H16ClN.2C16H16FN.C16H17N.2C15H14FNO.2C15H15NO/c2*1-10-3-4-13-9-14(6-5-12(13)7-10)15-8-11(2)18-16(15)17;1-10-3-4-13-9-14(6-5-12(13)7-10)15-8-11(2)16(17)18-15;1-11-3-4-14-9-15(6-5-13(14)7-11)16-8-12(2)10-17-16;1-9-5-12-4-3-11(7-14(12)18-8-9)13-6-10(2)17-15(13)16;1-9-5-12-4-3-11(7-14(12)18-8-9)13-6-10(2)15(16)17-13;1-10-6-14(16-8-10)12-3-4-13-5-11(2)9-17-15(13)7-12;1-10-5-13-4-3-12(7-15(13)17-9-10)14-6-11(2)16-8-14/h3*5-6,9H,1,3-4,7-8H2,2H3;5-6,9-10H,1,3-4,7-8H2,2H3;2*3-4,7H,1,5-6,8H2,2H3;3-4,7-8H,2,5-6,9H2,1H3;3-4,7-8H,1,5-6,9H2,2H3. The summed E-state index contributed by atoms with van der Waals surface area (Å²) in [5, 5.41) is 0.660. The van der Waals surface area contributed by atoms with Crippen LogP contribution in [-0.4, -0.2) is 72.1 Å². The number of aryl methyl sites for hydroxylation is 4. The van der Waals surface area contributed by atoms with Crippen LogP contribution in [0, 0.1) is 0 Å². The Balaban J connectivity index is 0.000000111. The lowest BCUT2D eigenvalue weighted by Gasteiger charge is -2.20. The van der Waals surface area contributed by atoms with Gasteiger partial charge in [0.05, 0.1) is 22.8 Å². The molecule has 12 nitrogen and oxygen atoms in total. The molecule has 8 aromatic rings. The van der Waals surface area contributed by atoms with Crippen LogP contribution in [0.2, 0.25) is 0 Å². The summed E-state index contributed by atoms with van der Waals surface area (Å²) in [6.07, 6.45) is 28.4. The number of benzene rings is 8. The van der Waals surface area contributed by atoms with E-state index in [4.69, 9.17) is 30.5 Å². The van der Waals surface area contributed by atoms with E-state index in [1.54, 1.807) is 13.8 Å². The van der Waals surface area contributed by atoms with Crippen LogP contribution in [0.4, 0.5) is 17.6 Å². The van der Waals surface area contributed by atoms with Crippen molar-refractivity contribution in [1.29, 1.82) is 0 Å². The molecule has 0 spiro atoms. The summed E-state index contributed by atoms with van der Waals surface area (Å²) in [5.41, 5.74) is 50.3. The quantitative estimate of drug-likeness (QED) is 0.0850. The Morgan fingerprint density at radius 2 is 0.532 bits per heavy atom. The molecular formula is C124H123ClF4N8O4. The van der Waals surface area contributed by atoms with E-state index < -0.39 is 0 Å². The third-order valence-corrected chi connectivity index (χ3v) is 28.0. The van der Waals surface area contributed by atoms with Gasteiger partial charge in [-0.3, -0.25) is 15.0 Å². The molecule has 0 unspecified atom stereocenters. The van der Waals surface area contributed by atoms with E-state index in [1.165, 1.54) is 134 Å². The summed E-state index contributed by atoms with van der Waals surface area (Å²) in [7, 11) is 0. The minimum absolute atomic E-state index is 0.309. The van der Waals surface area contributed by atoms with Crippen LogP contribution in [0.15, 0.2) is 353 Å². The van der Waals surface area contributed by atoms with Crippen LogP contribution in [-0.2, 0) is 77.0 Å². The Kier molecular flexibility index (Phi) is 30.8. The zero-order valence-electron chi connectivity index (χ0n) is 82.6. The SMILES string of the molecule is C=C1CCc2cc(C3=C(Cl)N=C(C)C3)ccc2C1.C=C1CCc2cc(C3=C(F)N=C(C)C3)ccc2C1.C=C1CCc2cc(C3=NC(F)=C(C)C3)ccc2C1.C=C1CCc2cc(C3=NC=C(C)C3)ccc2C1.C=C1COc2cc(C3=C(F)N=C(C)C3)ccc2C1.C=C1COc2cc(C3=CN=C(C)C3)ccc2C1.C=C1COc2cc(C3=NC(F)=C(C)C3)ccc2C1.C=C1COc2cc(C3=NC=C(C)C3)ccc2C1. The van der Waals surface area contributed by atoms with Gasteiger partial charge in [-0.15, -0.1) is 0 Å². The van der Waals surface area contributed by atoms with Crippen molar-refractivity contribution in [3.63, 3.8) is 0 Å². The monoisotopic (exact) mass is 1900 g/mol. The number of fused-ring (bicyclic) bond motifs is 8. The van der Waals surface area contributed by atoms with E-state index in [2.05, 4.69) is 216 Å². The maximum Gasteiger partial charge on any atom is 0.216 e. The van der Waals surface area contributed by atoms with Crippen LogP contribution < -0.4 is 18.9 Å². The van der Waals surface area contributed by atoms with Gasteiger partial charge in [-0.2, -0.15) is 17.6 Å².